The van der Waals surface area contributed by atoms with E-state index < -0.39 is 69.8 Å². The van der Waals surface area contributed by atoms with Gasteiger partial charge in [-0.05, 0) is 203 Å². The fraction of sp³-hybridized carbons (Fsp3) is 0.348. The highest BCUT2D eigenvalue weighted by Gasteiger charge is 2.44. The Morgan fingerprint density at radius 1 is 0.432 bits per heavy atom. The first-order valence-electron chi connectivity index (χ1n) is 29.2. The van der Waals surface area contributed by atoms with E-state index in [1.165, 1.54) is 42.5 Å². The molecule has 0 spiro atoms. The molecule has 0 saturated heterocycles. The van der Waals surface area contributed by atoms with Crippen LogP contribution in [0.3, 0.4) is 0 Å². The van der Waals surface area contributed by atoms with Crippen LogP contribution < -0.4 is 55.1 Å². The van der Waals surface area contributed by atoms with Gasteiger partial charge in [-0.1, -0.05) is 72.8 Å². The summed E-state index contributed by atoms with van der Waals surface area (Å²) in [6, 6.07) is 38.6. The van der Waals surface area contributed by atoms with Crippen LogP contribution in [0.1, 0.15) is 116 Å². The normalized spacial score (nSPS) is 13.5. The average Bonchev–Trinajstić information content (AvgIpc) is 1.58. The van der Waals surface area contributed by atoms with Crippen molar-refractivity contribution < 1.29 is 61.7 Å². The van der Waals surface area contributed by atoms with Gasteiger partial charge < -0.3 is 65.3 Å². The van der Waals surface area contributed by atoms with Crippen LogP contribution in [-0.4, -0.2) is 93.7 Å². The first-order chi connectivity index (χ1) is 41.9. The molecule has 88 heavy (non-hydrogen) atoms. The summed E-state index contributed by atoms with van der Waals surface area (Å²) in [6.45, 7) is 0.920. The van der Waals surface area contributed by atoms with E-state index in [1.807, 2.05) is 0 Å². The first kappa shape index (κ1) is 68.5. The number of ether oxygens (including phenoxy) is 1. The number of phenols is 2. The molecule has 6 rings (SSSR count). The number of aromatic hydroxyl groups is 2. The van der Waals surface area contributed by atoms with E-state index >= 15 is 0 Å². The Hall–Kier alpha value is -8.64. The number of nitrogens with one attached hydrogen (secondary N) is 3. The maximum absolute atomic E-state index is 14.2. The van der Waals surface area contributed by atoms with Gasteiger partial charge in [0.05, 0.1) is 0 Å². The second-order valence-electron chi connectivity index (χ2n) is 22.0. The van der Waals surface area contributed by atoms with Crippen molar-refractivity contribution in [1.82, 2.24) is 0 Å². The van der Waals surface area contributed by atoms with Gasteiger partial charge in [0.2, 0.25) is 0 Å². The van der Waals surface area contributed by atoms with Crippen molar-refractivity contribution in [3.63, 3.8) is 0 Å². The number of phenolic OH excluding ortho intramolecular Hbond substituents is 2. The second-order valence-corrected chi connectivity index (χ2v) is 22.0. The zero-order chi connectivity index (χ0) is 64.1. The molecule has 6 aromatic rings. The number of hydrogen-bond donors (Lipinski definition) is 11. The molecule has 22 heteroatoms. The topological polar surface area (TPSA) is 361 Å². The molecular formula is C66H78F3N9O10. The van der Waals surface area contributed by atoms with E-state index in [9.17, 15) is 56.9 Å². The molecule has 3 atom stereocenters. The number of Topliss-reactive ketones (excluding diaryl/α,β-unsaturated/α-hetero) is 3. The summed E-state index contributed by atoms with van der Waals surface area (Å²) in [4.78, 5) is 95.5. The third-order valence-corrected chi connectivity index (χ3v) is 15.4. The van der Waals surface area contributed by atoms with Gasteiger partial charge in [-0.2, -0.15) is 13.2 Å². The fourth-order valence-corrected chi connectivity index (χ4v) is 10.2. The molecule has 0 aliphatic heterocycles. The summed E-state index contributed by atoms with van der Waals surface area (Å²) in [5.41, 5.74) is 36.2. The molecular weight excluding hydrogens is 1140 g/mol. The standard InChI is InChI=1S/C66H78F3N9O10/c67-66(68,69)62(87)88-54-15-9-12-45(42-54)18-33-57(83)65(75,36-3-6-39-72)61(86)78-51-29-23-48(24-30-51)58(46-19-25-49(26-20-46)76-59(84)63(73,34-1-4-37-70)55(81)31-16-43-10-7-13-52(79)40-43)47-21-27-50(28-22-47)77-60(85)64(74,35-2-5-38-71)56(82)32-17-44-11-8-14-53(80)41-44/h7-15,19-30,40-42,58,79-80H,1-6,16-18,31-39,70-75H2,(H,76,84)(H,77,85)(H,78,86)/t63-,64-,65-/m0/s1. The lowest BCUT2D eigenvalue weighted by atomic mass is 9.84. The van der Waals surface area contributed by atoms with Crippen LogP contribution in [0.25, 0.3) is 0 Å². The number of amides is 3. The second kappa shape index (κ2) is 31.8. The number of unbranched alkanes of at least 4 members (excludes halogenated alkanes) is 3. The lowest BCUT2D eigenvalue weighted by molar-refractivity contribution is -0.189. The highest BCUT2D eigenvalue weighted by Crippen LogP contribution is 2.35. The predicted octanol–water partition coefficient (Wildman–Crippen LogP) is 7.65. The van der Waals surface area contributed by atoms with Crippen LogP contribution in [0.4, 0.5) is 30.2 Å². The number of carbonyl (C=O) groups is 7. The summed E-state index contributed by atoms with van der Waals surface area (Å²) in [7, 11) is 0. The molecule has 6 aromatic carbocycles. The molecule has 0 radical (unpaired) electrons. The molecule has 0 fully saturated rings. The van der Waals surface area contributed by atoms with Crippen LogP contribution in [-0.2, 0) is 52.8 Å². The Morgan fingerprint density at radius 2 is 0.739 bits per heavy atom. The Bertz CT molecular complexity index is 3230. The molecule has 0 aromatic heterocycles. The maximum atomic E-state index is 14.2. The Kier molecular flexibility index (Phi) is 24.8. The quantitative estimate of drug-likeness (QED) is 0.00607. The number of aryl methyl sites for hydroxylation is 3. The van der Waals surface area contributed by atoms with Crippen LogP contribution >= 0.6 is 0 Å². The van der Waals surface area contributed by atoms with Crippen LogP contribution in [0.5, 0.6) is 17.2 Å². The van der Waals surface area contributed by atoms with Crippen molar-refractivity contribution in [1.29, 1.82) is 0 Å². The van der Waals surface area contributed by atoms with Gasteiger partial charge in [-0.3, -0.25) is 28.8 Å². The van der Waals surface area contributed by atoms with Crippen LogP contribution in [0.2, 0.25) is 0 Å². The zero-order valence-corrected chi connectivity index (χ0v) is 48.9. The van der Waals surface area contributed by atoms with E-state index in [2.05, 4.69) is 20.7 Å². The monoisotopic (exact) mass is 1210 g/mol. The molecule has 0 aliphatic rings. The fourth-order valence-electron chi connectivity index (χ4n) is 10.2. The highest BCUT2D eigenvalue weighted by atomic mass is 19.4. The maximum Gasteiger partial charge on any atom is 0.491 e. The van der Waals surface area contributed by atoms with Crippen molar-refractivity contribution in [3.05, 3.63) is 179 Å². The lowest BCUT2D eigenvalue weighted by Crippen LogP contribution is -2.57. The van der Waals surface area contributed by atoms with Gasteiger partial charge in [-0.25, -0.2) is 4.79 Å². The van der Waals surface area contributed by atoms with E-state index in [0.717, 1.165) is 6.07 Å². The molecule has 0 bridgehead atoms. The highest BCUT2D eigenvalue weighted by molar-refractivity contribution is 6.17. The minimum atomic E-state index is -5.23. The van der Waals surface area contributed by atoms with Crippen molar-refractivity contribution in [2.45, 2.75) is 125 Å². The molecule has 0 unspecified atom stereocenters. The van der Waals surface area contributed by atoms with E-state index in [4.69, 9.17) is 34.4 Å². The first-order valence-corrected chi connectivity index (χ1v) is 29.2. The Morgan fingerprint density at radius 3 is 1.03 bits per heavy atom. The van der Waals surface area contributed by atoms with E-state index in [1.54, 1.807) is 97.1 Å². The SMILES string of the molecule is NCCCC[C@](N)(C(=O)CCc1cccc(O)c1)C(=O)Nc1ccc(C(c2ccc(NC(=O)[C@](N)(CCCCN)C(=O)CCc3cccc(O)c3)cc2)c2ccc(NC(=O)[C@](N)(CCCCN)C(=O)CCc3cccc(OC(=O)C(F)(F)F)c3)cc2)cc1. The van der Waals surface area contributed by atoms with Gasteiger partial charge in [0, 0.05) is 42.2 Å². The van der Waals surface area contributed by atoms with Crippen LogP contribution in [0, 0.1) is 0 Å². The molecule has 3 amide bonds. The number of hydrogen-bond acceptors (Lipinski definition) is 16. The molecule has 468 valence electrons. The number of alkyl halides is 3. The lowest BCUT2D eigenvalue weighted by Gasteiger charge is -2.28. The van der Waals surface area contributed by atoms with E-state index in [0.29, 0.717) is 96.4 Å². The number of carbonyl (C=O) groups excluding carboxylic acids is 7. The van der Waals surface area contributed by atoms with Crippen molar-refractivity contribution in [2.24, 2.45) is 34.4 Å². The molecule has 17 N–H and O–H groups in total. The predicted molar refractivity (Wildman–Crippen MR) is 330 cm³/mol. The number of esters is 1. The summed E-state index contributed by atoms with van der Waals surface area (Å²) < 4.78 is 43.1. The van der Waals surface area contributed by atoms with E-state index in [-0.39, 0.29) is 87.3 Å². The number of rotatable bonds is 34. The number of ketones is 3. The summed E-state index contributed by atoms with van der Waals surface area (Å²) >= 11 is 0. The number of halogens is 3. The summed E-state index contributed by atoms with van der Waals surface area (Å²) in [6.07, 6.45) is -2.62. The van der Waals surface area contributed by atoms with Gasteiger partial charge in [0.25, 0.3) is 17.7 Å². The van der Waals surface area contributed by atoms with Crippen molar-refractivity contribution >= 4 is 58.1 Å². The third-order valence-electron chi connectivity index (χ3n) is 15.4. The number of benzene rings is 6. The largest absolute Gasteiger partial charge is 0.508 e. The number of nitrogens with two attached hydrogens (primary N) is 6. The minimum absolute atomic E-state index is 0.0331. The summed E-state index contributed by atoms with van der Waals surface area (Å²) in [5.74, 6) is -7.16. The van der Waals surface area contributed by atoms with Gasteiger partial charge >= 0.3 is 12.1 Å². The molecule has 0 saturated carbocycles. The van der Waals surface area contributed by atoms with Crippen molar-refractivity contribution in [2.75, 3.05) is 35.6 Å². The average molecular weight is 1210 g/mol. The smallest absolute Gasteiger partial charge is 0.491 e. The van der Waals surface area contributed by atoms with Gasteiger partial charge in [0.15, 0.2) is 34.0 Å². The summed E-state index contributed by atoms with van der Waals surface area (Å²) in [5, 5.41) is 28.4. The van der Waals surface area contributed by atoms with Crippen molar-refractivity contribution in [3.8, 4) is 17.2 Å². The Balaban J connectivity index is 1.27. The molecule has 19 nitrogen and oxygen atoms in total. The molecule has 0 heterocycles. The zero-order valence-electron chi connectivity index (χ0n) is 48.9. The minimum Gasteiger partial charge on any atom is -0.508 e. The number of anilines is 3. The van der Waals surface area contributed by atoms with Gasteiger partial charge in [-0.15, -0.1) is 0 Å². The third kappa shape index (κ3) is 18.9. The van der Waals surface area contributed by atoms with Gasteiger partial charge in [0.1, 0.15) is 17.2 Å². The van der Waals surface area contributed by atoms with Crippen LogP contribution in [0.15, 0.2) is 146 Å². The Labute approximate surface area is 509 Å². The molecule has 0 aliphatic carbocycles.